The summed E-state index contributed by atoms with van der Waals surface area (Å²) in [6.07, 6.45) is 1.44. The number of amides is 2. The highest BCUT2D eigenvalue weighted by Gasteiger charge is 2.17. The SMILES string of the molecule is Cc1ccc(C(=O)N(C)Cc2nc3ccccc3s2)cc1NC(=O)c1ccco1. The number of furan rings is 1. The summed E-state index contributed by atoms with van der Waals surface area (Å²) in [7, 11) is 1.75. The van der Waals surface area contributed by atoms with Gasteiger partial charge >= 0.3 is 0 Å². The lowest BCUT2D eigenvalue weighted by Gasteiger charge is -2.17. The Morgan fingerprint density at radius 1 is 1.14 bits per heavy atom. The molecule has 29 heavy (non-hydrogen) atoms. The van der Waals surface area contributed by atoms with Crippen molar-refractivity contribution in [1.29, 1.82) is 0 Å². The molecule has 0 aliphatic carbocycles. The Kier molecular flexibility index (Phi) is 5.14. The van der Waals surface area contributed by atoms with Crippen LogP contribution in [0.5, 0.6) is 0 Å². The molecule has 0 fully saturated rings. The monoisotopic (exact) mass is 405 g/mol. The van der Waals surface area contributed by atoms with Crippen LogP contribution in [0.1, 0.15) is 31.5 Å². The van der Waals surface area contributed by atoms with Crippen molar-refractivity contribution in [1.82, 2.24) is 9.88 Å². The van der Waals surface area contributed by atoms with Gasteiger partial charge in [0.05, 0.1) is 23.0 Å². The third-order valence-electron chi connectivity index (χ3n) is 4.53. The first-order valence-corrected chi connectivity index (χ1v) is 9.88. The third kappa shape index (κ3) is 4.05. The molecule has 4 rings (SSSR count). The molecule has 2 heterocycles. The number of nitrogens with zero attached hydrogens (tertiary/aromatic N) is 2. The number of carbonyl (C=O) groups excluding carboxylic acids is 2. The molecule has 0 atom stereocenters. The van der Waals surface area contributed by atoms with Crippen molar-refractivity contribution < 1.29 is 14.0 Å². The van der Waals surface area contributed by atoms with E-state index in [0.717, 1.165) is 20.8 Å². The molecule has 0 aliphatic rings. The number of nitrogens with one attached hydrogen (secondary N) is 1. The van der Waals surface area contributed by atoms with E-state index in [9.17, 15) is 9.59 Å². The minimum atomic E-state index is -0.356. The van der Waals surface area contributed by atoms with Crippen LogP contribution < -0.4 is 5.32 Å². The van der Waals surface area contributed by atoms with Crippen LogP contribution in [0.3, 0.4) is 0 Å². The average molecular weight is 405 g/mol. The van der Waals surface area contributed by atoms with E-state index >= 15 is 0 Å². The van der Waals surface area contributed by atoms with Gasteiger partial charge in [-0.2, -0.15) is 0 Å². The number of rotatable bonds is 5. The van der Waals surface area contributed by atoms with E-state index in [2.05, 4.69) is 10.3 Å². The van der Waals surface area contributed by atoms with Crippen LogP contribution in [0.2, 0.25) is 0 Å². The van der Waals surface area contributed by atoms with Gasteiger partial charge in [-0.3, -0.25) is 9.59 Å². The first kappa shape index (κ1) is 18.9. The van der Waals surface area contributed by atoms with Crippen LogP contribution in [0, 0.1) is 6.92 Å². The largest absolute Gasteiger partial charge is 0.459 e. The van der Waals surface area contributed by atoms with Crippen molar-refractivity contribution in [3.63, 3.8) is 0 Å². The van der Waals surface area contributed by atoms with Crippen LogP contribution in [-0.2, 0) is 6.54 Å². The molecule has 0 unspecified atom stereocenters. The second kappa shape index (κ2) is 7.89. The van der Waals surface area contributed by atoms with Gasteiger partial charge in [-0.15, -0.1) is 11.3 Å². The molecular formula is C22H19N3O3S. The van der Waals surface area contributed by atoms with E-state index in [1.54, 1.807) is 47.5 Å². The smallest absolute Gasteiger partial charge is 0.291 e. The van der Waals surface area contributed by atoms with E-state index in [1.165, 1.54) is 6.26 Å². The summed E-state index contributed by atoms with van der Waals surface area (Å²) < 4.78 is 6.22. The molecule has 146 valence electrons. The summed E-state index contributed by atoms with van der Waals surface area (Å²) in [6.45, 7) is 2.29. The first-order chi connectivity index (χ1) is 14.0. The van der Waals surface area contributed by atoms with Gasteiger partial charge in [-0.25, -0.2) is 4.98 Å². The minimum Gasteiger partial charge on any atom is -0.459 e. The van der Waals surface area contributed by atoms with Crippen LogP contribution in [0.25, 0.3) is 10.2 Å². The fraction of sp³-hybridized carbons (Fsp3) is 0.136. The Morgan fingerprint density at radius 2 is 1.97 bits per heavy atom. The Hall–Kier alpha value is -3.45. The average Bonchev–Trinajstić information content (AvgIpc) is 3.38. The van der Waals surface area contributed by atoms with Crippen LogP contribution >= 0.6 is 11.3 Å². The number of para-hydroxylation sites is 1. The van der Waals surface area contributed by atoms with Gasteiger partial charge in [0.25, 0.3) is 11.8 Å². The maximum Gasteiger partial charge on any atom is 0.291 e. The molecule has 2 aromatic carbocycles. The fourth-order valence-corrected chi connectivity index (χ4v) is 3.98. The van der Waals surface area contributed by atoms with Crippen molar-refractivity contribution in [2.24, 2.45) is 0 Å². The molecule has 2 amide bonds. The number of anilines is 1. The normalized spacial score (nSPS) is 10.8. The van der Waals surface area contributed by atoms with Crippen molar-refractivity contribution in [2.45, 2.75) is 13.5 Å². The number of hydrogen-bond acceptors (Lipinski definition) is 5. The molecule has 7 heteroatoms. The Bertz CT molecular complexity index is 1150. The van der Waals surface area contributed by atoms with E-state index in [4.69, 9.17) is 4.42 Å². The number of aryl methyl sites for hydroxylation is 1. The highest BCUT2D eigenvalue weighted by molar-refractivity contribution is 7.18. The molecule has 4 aromatic rings. The summed E-state index contributed by atoms with van der Waals surface area (Å²) in [6, 6.07) is 16.4. The van der Waals surface area contributed by atoms with Gasteiger partial charge in [-0.05, 0) is 48.9 Å². The quantitative estimate of drug-likeness (QED) is 0.521. The Balaban J connectivity index is 1.50. The first-order valence-electron chi connectivity index (χ1n) is 9.06. The Labute approximate surface area is 171 Å². The summed E-state index contributed by atoms with van der Waals surface area (Å²) in [5, 5.41) is 3.68. The maximum absolute atomic E-state index is 12.9. The Morgan fingerprint density at radius 3 is 2.72 bits per heavy atom. The lowest BCUT2D eigenvalue weighted by atomic mass is 10.1. The van der Waals surface area contributed by atoms with Gasteiger partial charge in [0.2, 0.25) is 0 Å². The highest BCUT2D eigenvalue weighted by atomic mass is 32.1. The van der Waals surface area contributed by atoms with Crippen molar-refractivity contribution in [3.8, 4) is 0 Å². The van der Waals surface area contributed by atoms with Crippen molar-refractivity contribution in [2.75, 3.05) is 12.4 Å². The molecule has 0 radical (unpaired) electrons. The fourth-order valence-electron chi connectivity index (χ4n) is 2.96. The second-order valence-corrected chi connectivity index (χ2v) is 7.81. The van der Waals surface area contributed by atoms with Gasteiger partial charge < -0.3 is 14.6 Å². The van der Waals surface area contributed by atoms with Crippen molar-refractivity contribution >= 4 is 39.1 Å². The minimum absolute atomic E-state index is 0.141. The van der Waals surface area contributed by atoms with Gasteiger partial charge in [0.15, 0.2) is 5.76 Å². The van der Waals surface area contributed by atoms with E-state index < -0.39 is 0 Å². The molecular weight excluding hydrogens is 386 g/mol. The molecule has 0 aliphatic heterocycles. The number of hydrogen-bond donors (Lipinski definition) is 1. The molecule has 0 spiro atoms. The van der Waals surface area contributed by atoms with Crippen LogP contribution in [0.15, 0.2) is 65.3 Å². The standard InChI is InChI=1S/C22H19N3O3S/c1-14-9-10-15(12-17(14)24-21(26)18-7-5-11-28-18)22(27)25(2)13-20-23-16-6-3-4-8-19(16)29-20/h3-12H,13H2,1-2H3,(H,24,26). The molecule has 0 saturated carbocycles. The van der Waals surface area contributed by atoms with E-state index in [1.807, 2.05) is 37.3 Å². The van der Waals surface area contributed by atoms with Crippen LogP contribution in [0.4, 0.5) is 5.69 Å². The predicted octanol–water partition coefficient (Wildman–Crippen LogP) is 4.72. The molecule has 2 aromatic heterocycles. The zero-order valence-electron chi connectivity index (χ0n) is 16.0. The van der Waals surface area contributed by atoms with Crippen molar-refractivity contribution in [3.05, 3.63) is 82.8 Å². The molecule has 0 bridgehead atoms. The van der Waals surface area contributed by atoms with Gasteiger partial charge in [0.1, 0.15) is 5.01 Å². The lowest BCUT2D eigenvalue weighted by molar-refractivity contribution is 0.0784. The van der Waals surface area contributed by atoms with E-state index in [-0.39, 0.29) is 17.6 Å². The van der Waals surface area contributed by atoms with Crippen LogP contribution in [-0.4, -0.2) is 28.7 Å². The third-order valence-corrected chi connectivity index (χ3v) is 5.56. The molecule has 1 N–H and O–H groups in total. The van der Waals surface area contributed by atoms with Gasteiger partial charge in [-0.1, -0.05) is 18.2 Å². The highest BCUT2D eigenvalue weighted by Crippen LogP contribution is 2.24. The zero-order chi connectivity index (χ0) is 20.4. The maximum atomic E-state index is 12.9. The number of fused-ring (bicyclic) bond motifs is 1. The van der Waals surface area contributed by atoms with Gasteiger partial charge in [0, 0.05) is 18.3 Å². The summed E-state index contributed by atoms with van der Waals surface area (Å²) in [4.78, 5) is 31.4. The zero-order valence-corrected chi connectivity index (χ0v) is 16.8. The second-order valence-electron chi connectivity index (χ2n) is 6.70. The summed E-state index contributed by atoms with van der Waals surface area (Å²) >= 11 is 1.58. The number of benzene rings is 2. The molecule has 0 saturated heterocycles. The summed E-state index contributed by atoms with van der Waals surface area (Å²) in [5.74, 6) is -0.280. The molecule has 6 nitrogen and oxygen atoms in total. The predicted molar refractivity (Wildman–Crippen MR) is 113 cm³/mol. The topological polar surface area (TPSA) is 75.4 Å². The number of thiazole rings is 1. The number of aromatic nitrogens is 1. The van der Waals surface area contributed by atoms with E-state index in [0.29, 0.717) is 17.8 Å². The lowest BCUT2D eigenvalue weighted by Crippen LogP contribution is -2.26. The summed E-state index contributed by atoms with van der Waals surface area (Å²) in [5.41, 5.74) is 2.86. The number of carbonyl (C=O) groups is 2.